The molecule has 1 fully saturated rings. The molecule has 0 aromatic heterocycles. The number of carbonyl (C=O) groups is 1. The van der Waals surface area contributed by atoms with Crippen molar-refractivity contribution in [1.82, 2.24) is 4.90 Å². The van der Waals surface area contributed by atoms with Crippen molar-refractivity contribution in [3.63, 3.8) is 0 Å². The van der Waals surface area contributed by atoms with Crippen LogP contribution < -0.4 is 0 Å². The molecule has 0 bridgehead atoms. The Morgan fingerprint density at radius 3 is 2.58 bits per heavy atom. The Balaban J connectivity index is 2.13. The molecule has 104 valence electrons. The smallest absolute Gasteiger partial charge is 0.182 e. The van der Waals surface area contributed by atoms with Crippen molar-refractivity contribution in [2.24, 2.45) is 5.92 Å². The van der Waals surface area contributed by atoms with Gasteiger partial charge in [-0.25, -0.2) is 8.78 Å². The standard InChI is InChI=1S/C15H19F2NO/c1-10-5-4-8-18(11(10)2)9-14(19)15-12(16)6-3-7-13(15)17/h3,6-7,10-11H,4-5,8-9H2,1-2H3. The maximum Gasteiger partial charge on any atom is 0.182 e. The van der Waals surface area contributed by atoms with Crippen LogP contribution in [0.1, 0.15) is 37.0 Å². The van der Waals surface area contributed by atoms with Crippen molar-refractivity contribution >= 4 is 5.78 Å². The number of ketones is 1. The topological polar surface area (TPSA) is 20.3 Å². The Morgan fingerprint density at radius 2 is 1.95 bits per heavy atom. The Bertz CT molecular complexity index is 455. The lowest BCUT2D eigenvalue weighted by Gasteiger charge is -2.37. The molecule has 4 heteroatoms. The van der Waals surface area contributed by atoms with Crippen LogP contribution in [-0.2, 0) is 0 Å². The minimum atomic E-state index is -0.775. The molecule has 1 heterocycles. The summed E-state index contributed by atoms with van der Waals surface area (Å²) in [6, 6.07) is 3.79. The number of carbonyl (C=O) groups excluding carboxylic acids is 1. The van der Waals surface area contributed by atoms with Gasteiger partial charge in [-0.3, -0.25) is 9.69 Å². The molecule has 0 radical (unpaired) electrons. The van der Waals surface area contributed by atoms with Crippen molar-refractivity contribution in [3.8, 4) is 0 Å². The number of Topliss-reactive ketones (excluding diaryl/α,β-unsaturated/α-hetero) is 1. The second-order valence-electron chi connectivity index (χ2n) is 5.35. The maximum absolute atomic E-state index is 13.5. The van der Waals surface area contributed by atoms with E-state index in [1.807, 2.05) is 4.90 Å². The lowest BCUT2D eigenvalue weighted by atomic mass is 9.91. The van der Waals surface area contributed by atoms with E-state index >= 15 is 0 Å². The van der Waals surface area contributed by atoms with Crippen molar-refractivity contribution in [3.05, 3.63) is 35.4 Å². The van der Waals surface area contributed by atoms with Crippen LogP contribution in [0.4, 0.5) is 8.78 Å². The fraction of sp³-hybridized carbons (Fsp3) is 0.533. The van der Waals surface area contributed by atoms with E-state index < -0.39 is 23.0 Å². The van der Waals surface area contributed by atoms with Gasteiger partial charge in [0.1, 0.15) is 11.6 Å². The number of benzene rings is 1. The molecular formula is C15H19F2NO. The zero-order chi connectivity index (χ0) is 14.0. The second kappa shape index (κ2) is 5.78. The van der Waals surface area contributed by atoms with Gasteiger partial charge in [-0.1, -0.05) is 13.0 Å². The monoisotopic (exact) mass is 267 g/mol. The van der Waals surface area contributed by atoms with E-state index in [0.717, 1.165) is 31.5 Å². The summed E-state index contributed by atoms with van der Waals surface area (Å²) in [4.78, 5) is 14.1. The molecule has 2 atom stereocenters. The van der Waals surface area contributed by atoms with Gasteiger partial charge >= 0.3 is 0 Å². The SMILES string of the molecule is CC1CCCN(CC(=O)c2c(F)cccc2F)C1C. The molecule has 0 spiro atoms. The molecule has 1 aliphatic heterocycles. The summed E-state index contributed by atoms with van der Waals surface area (Å²) in [6.45, 7) is 5.11. The zero-order valence-electron chi connectivity index (χ0n) is 11.3. The lowest BCUT2D eigenvalue weighted by Crippen LogP contribution is -2.45. The summed E-state index contributed by atoms with van der Waals surface area (Å²) < 4.78 is 27.1. The first-order chi connectivity index (χ1) is 9.00. The molecule has 0 aliphatic carbocycles. The zero-order valence-corrected chi connectivity index (χ0v) is 11.3. The predicted molar refractivity (Wildman–Crippen MR) is 70.1 cm³/mol. The summed E-state index contributed by atoms with van der Waals surface area (Å²) in [7, 11) is 0. The third-order valence-electron chi connectivity index (χ3n) is 4.09. The van der Waals surface area contributed by atoms with E-state index in [1.165, 1.54) is 6.07 Å². The van der Waals surface area contributed by atoms with E-state index in [1.54, 1.807) is 0 Å². The number of rotatable bonds is 3. The highest BCUT2D eigenvalue weighted by Gasteiger charge is 2.28. The lowest BCUT2D eigenvalue weighted by molar-refractivity contribution is 0.0772. The first-order valence-corrected chi connectivity index (χ1v) is 6.72. The molecule has 0 amide bonds. The van der Waals surface area contributed by atoms with Crippen molar-refractivity contribution in [2.75, 3.05) is 13.1 Å². The maximum atomic E-state index is 13.5. The van der Waals surface area contributed by atoms with Gasteiger partial charge in [0.05, 0.1) is 12.1 Å². The first kappa shape index (κ1) is 14.1. The number of hydrogen-bond acceptors (Lipinski definition) is 2. The van der Waals surface area contributed by atoms with Gasteiger partial charge in [0.25, 0.3) is 0 Å². The number of likely N-dealkylation sites (tertiary alicyclic amines) is 1. The minimum Gasteiger partial charge on any atom is -0.293 e. The number of hydrogen-bond donors (Lipinski definition) is 0. The molecule has 2 nitrogen and oxygen atoms in total. The van der Waals surface area contributed by atoms with E-state index in [4.69, 9.17) is 0 Å². The molecule has 19 heavy (non-hydrogen) atoms. The fourth-order valence-corrected chi connectivity index (χ4v) is 2.67. The van der Waals surface area contributed by atoms with E-state index in [0.29, 0.717) is 5.92 Å². The van der Waals surface area contributed by atoms with Gasteiger partial charge < -0.3 is 0 Å². The highest BCUT2D eigenvalue weighted by Crippen LogP contribution is 2.23. The van der Waals surface area contributed by atoms with Crippen LogP contribution >= 0.6 is 0 Å². The summed E-state index contributed by atoms with van der Waals surface area (Å²) in [5.74, 6) is -1.52. The van der Waals surface area contributed by atoms with Gasteiger partial charge in [0.2, 0.25) is 0 Å². The highest BCUT2D eigenvalue weighted by atomic mass is 19.1. The van der Waals surface area contributed by atoms with Gasteiger partial charge in [-0.05, 0) is 44.4 Å². The largest absolute Gasteiger partial charge is 0.293 e. The Labute approximate surface area is 112 Å². The quantitative estimate of drug-likeness (QED) is 0.783. The number of nitrogens with zero attached hydrogens (tertiary/aromatic N) is 1. The third-order valence-corrected chi connectivity index (χ3v) is 4.09. The molecule has 2 unspecified atom stereocenters. The van der Waals surface area contributed by atoms with Crippen LogP contribution in [0.25, 0.3) is 0 Å². The summed E-state index contributed by atoms with van der Waals surface area (Å²) in [5.41, 5.74) is -0.409. The summed E-state index contributed by atoms with van der Waals surface area (Å²) in [6.07, 6.45) is 2.17. The predicted octanol–water partition coefficient (Wildman–Crippen LogP) is 3.27. The molecule has 1 saturated heterocycles. The Kier molecular flexibility index (Phi) is 4.30. The molecule has 1 aromatic rings. The average Bonchev–Trinajstić information content (AvgIpc) is 2.35. The van der Waals surface area contributed by atoms with Gasteiger partial charge in [0.15, 0.2) is 5.78 Å². The molecule has 1 aromatic carbocycles. The summed E-state index contributed by atoms with van der Waals surface area (Å²) in [5, 5.41) is 0. The Hall–Kier alpha value is -1.29. The van der Waals surface area contributed by atoms with Crippen LogP contribution in [0.3, 0.4) is 0 Å². The van der Waals surface area contributed by atoms with Crippen LogP contribution in [0, 0.1) is 17.6 Å². The van der Waals surface area contributed by atoms with E-state index in [-0.39, 0.29) is 12.6 Å². The van der Waals surface area contributed by atoms with Gasteiger partial charge in [-0.2, -0.15) is 0 Å². The van der Waals surface area contributed by atoms with Crippen LogP contribution in [0.5, 0.6) is 0 Å². The van der Waals surface area contributed by atoms with E-state index in [9.17, 15) is 13.6 Å². The van der Waals surface area contributed by atoms with Crippen LogP contribution in [-0.4, -0.2) is 29.8 Å². The van der Waals surface area contributed by atoms with Crippen molar-refractivity contribution in [1.29, 1.82) is 0 Å². The fourth-order valence-electron chi connectivity index (χ4n) is 2.67. The highest BCUT2D eigenvalue weighted by molar-refractivity contribution is 5.98. The number of halogens is 2. The molecule has 2 rings (SSSR count). The van der Waals surface area contributed by atoms with E-state index in [2.05, 4.69) is 13.8 Å². The number of piperidine rings is 1. The first-order valence-electron chi connectivity index (χ1n) is 6.72. The molecule has 0 N–H and O–H groups in total. The average molecular weight is 267 g/mol. The molecule has 1 aliphatic rings. The van der Waals surface area contributed by atoms with Crippen LogP contribution in [0.15, 0.2) is 18.2 Å². The third kappa shape index (κ3) is 3.00. The normalized spacial score (nSPS) is 24.4. The molecule has 0 saturated carbocycles. The second-order valence-corrected chi connectivity index (χ2v) is 5.35. The van der Waals surface area contributed by atoms with Crippen LogP contribution in [0.2, 0.25) is 0 Å². The van der Waals surface area contributed by atoms with Gasteiger partial charge in [-0.15, -0.1) is 0 Å². The molecular weight excluding hydrogens is 248 g/mol. The van der Waals surface area contributed by atoms with Gasteiger partial charge in [0, 0.05) is 6.04 Å². The Morgan fingerprint density at radius 1 is 1.32 bits per heavy atom. The van der Waals surface area contributed by atoms with Crippen molar-refractivity contribution < 1.29 is 13.6 Å². The van der Waals surface area contributed by atoms with Crippen molar-refractivity contribution in [2.45, 2.75) is 32.7 Å². The minimum absolute atomic E-state index is 0.0867. The summed E-state index contributed by atoms with van der Waals surface area (Å²) >= 11 is 0.